The van der Waals surface area contributed by atoms with Crippen molar-refractivity contribution in [2.75, 3.05) is 32.8 Å². The van der Waals surface area contributed by atoms with Crippen LogP contribution in [0.1, 0.15) is 38.0 Å². The van der Waals surface area contributed by atoms with E-state index in [1.807, 2.05) is 31.7 Å². The van der Waals surface area contributed by atoms with Gasteiger partial charge in [0, 0.05) is 37.8 Å². The number of fused-ring (bicyclic) bond motifs is 1. The number of hydrogen-bond acceptors (Lipinski definition) is 6. The summed E-state index contributed by atoms with van der Waals surface area (Å²) in [7, 11) is 0. The summed E-state index contributed by atoms with van der Waals surface area (Å²) >= 11 is 6.23. The Bertz CT molecular complexity index is 734. The molecule has 148 valence electrons. The lowest BCUT2D eigenvalue weighted by Gasteiger charge is -2.47. The molecule has 6 nitrogen and oxygen atoms in total. The van der Waals surface area contributed by atoms with Gasteiger partial charge in [-0.2, -0.15) is 5.26 Å². The lowest BCUT2D eigenvalue weighted by Crippen LogP contribution is -2.61. The van der Waals surface area contributed by atoms with Crippen molar-refractivity contribution in [1.82, 2.24) is 9.80 Å². The minimum atomic E-state index is -0.949. The number of halogens is 2. The second-order valence-corrected chi connectivity index (χ2v) is 8.34. The van der Waals surface area contributed by atoms with E-state index in [0.717, 1.165) is 6.54 Å². The van der Waals surface area contributed by atoms with Gasteiger partial charge < -0.3 is 14.6 Å². The van der Waals surface area contributed by atoms with Crippen molar-refractivity contribution < 1.29 is 19.0 Å². The summed E-state index contributed by atoms with van der Waals surface area (Å²) in [5, 5.41) is 19.5. The third-order valence-electron chi connectivity index (χ3n) is 4.88. The molecule has 2 heterocycles. The first-order chi connectivity index (χ1) is 12.7. The monoisotopic (exact) mass is 397 g/mol. The maximum atomic E-state index is 13.7. The third kappa shape index (κ3) is 4.60. The summed E-state index contributed by atoms with van der Waals surface area (Å²) in [5.41, 5.74) is 0.0569. The first kappa shape index (κ1) is 20.5. The van der Waals surface area contributed by atoms with Gasteiger partial charge in [-0.3, -0.25) is 9.80 Å². The van der Waals surface area contributed by atoms with E-state index in [1.165, 1.54) is 6.07 Å². The summed E-state index contributed by atoms with van der Waals surface area (Å²) < 4.78 is 25.3. The number of rotatable bonds is 3. The molecule has 3 unspecified atom stereocenters. The number of aliphatic hydroxyl groups is 1. The Morgan fingerprint density at radius 1 is 1.37 bits per heavy atom. The standard InChI is InChI=1S/C19H25ClFN3O3/c1-19(2,3)27-18(25)24-7-6-23-10-16(26-11-12(23)9-24)13-4-5-15(21)14(8-22)17(13)20/h4-5,12,16,18,25H,6-7,9-11H2,1-3H3. The molecule has 2 aliphatic rings. The SMILES string of the molecule is CC(C)(C)OC(O)N1CCN2CC(c3ccc(F)c(C#N)c3Cl)OCC2C1. The van der Waals surface area contributed by atoms with E-state index in [1.54, 1.807) is 6.07 Å². The van der Waals surface area contributed by atoms with Crippen molar-refractivity contribution >= 4 is 11.6 Å². The van der Waals surface area contributed by atoms with Crippen molar-refractivity contribution in [3.8, 4) is 6.07 Å². The number of nitriles is 1. The quantitative estimate of drug-likeness (QED) is 0.790. The fourth-order valence-electron chi connectivity index (χ4n) is 3.51. The highest BCUT2D eigenvalue weighted by molar-refractivity contribution is 6.32. The van der Waals surface area contributed by atoms with Gasteiger partial charge in [0.1, 0.15) is 17.4 Å². The minimum absolute atomic E-state index is 0.119. The Labute approximate surface area is 164 Å². The maximum Gasteiger partial charge on any atom is 0.216 e. The Hall–Kier alpha value is -1.27. The van der Waals surface area contributed by atoms with Crippen molar-refractivity contribution in [3.05, 3.63) is 34.1 Å². The van der Waals surface area contributed by atoms with Crippen molar-refractivity contribution in [2.45, 2.75) is 44.9 Å². The van der Waals surface area contributed by atoms with Crippen LogP contribution in [0.4, 0.5) is 4.39 Å². The van der Waals surface area contributed by atoms with E-state index in [2.05, 4.69) is 4.90 Å². The Morgan fingerprint density at radius 3 is 2.78 bits per heavy atom. The van der Waals surface area contributed by atoms with E-state index in [0.29, 0.717) is 31.8 Å². The lowest BCUT2D eigenvalue weighted by molar-refractivity contribution is -0.252. The molecule has 1 aromatic rings. The molecule has 2 aliphatic heterocycles. The molecule has 0 radical (unpaired) electrons. The molecule has 8 heteroatoms. The van der Waals surface area contributed by atoms with Gasteiger partial charge in [-0.05, 0) is 26.8 Å². The van der Waals surface area contributed by atoms with Crippen LogP contribution < -0.4 is 0 Å². The zero-order chi connectivity index (χ0) is 19.8. The number of morpholine rings is 1. The van der Waals surface area contributed by atoms with E-state index in [-0.39, 0.29) is 22.7 Å². The van der Waals surface area contributed by atoms with Crippen LogP contribution in [0.15, 0.2) is 12.1 Å². The van der Waals surface area contributed by atoms with Crippen LogP contribution in [0.2, 0.25) is 5.02 Å². The number of benzene rings is 1. The predicted octanol–water partition coefficient (Wildman–Crippen LogP) is 2.50. The average molecular weight is 398 g/mol. The molecule has 2 fully saturated rings. The Balaban J connectivity index is 1.66. The summed E-state index contributed by atoms with van der Waals surface area (Å²) in [4.78, 5) is 4.18. The number of ether oxygens (including phenoxy) is 2. The molecule has 27 heavy (non-hydrogen) atoms. The van der Waals surface area contributed by atoms with Crippen LogP contribution in [0, 0.1) is 17.1 Å². The maximum absolute atomic E-state index is 13.7. The van der Waals surface area contributed by atoms with Gasteiger partial charge in [0.2, 0.25) is 6.41 Å². The topological polar surface area (TPSA) is 69.0 Å². The molecule has 0 amide bonds. The number of aliphatic hydroxyl groups excluding tert-OH is 1. The molecule has 0 saturated carbocycles. The largest absolute Gasteiger partial charge is 0.370 e. The van der Waals surface area contributed by atoms with Crippen LogP contribution in [0.25, 0.3) is 0 Å². The van der Waals surface area contributed by atoms with E-state index in [4.69, 9.17) is 26.3 Å². The van der Waals surface area contributed by atoms with Crippen molar-refractivity contribution in [1.29, 1.82) is 5.26 Å². The smallest absolute Gasteiger partial charge is 0.216 e. The second-order valence-electron chi connectivity index (χ2n) is 7.96. The summed E-state index contributed by atoms with van der Waals surface area (Å²) in [6.07, 6.45) is -1.27. The molecule has 0 aliphatic carbocycles. The average Bonchev–Trinajstić information content (AvgIpc) is 2.60. The van der Waals surface area contributed by atoms with E-state index < -0.39 is 17.8 Å². The molecule has 1 aromatic carbocycles. The van der Waals surface area contributed by atoms with E-state index in [9.17, 15) is 9.50 Å². The highest BCUT2D eigenvalue weighted by Gasteiger charge is 2.37. The molecular weight excluding hydrogens is 373 g/mol. The lowest BCUT2D eigenvalue weighted by atomic mass is 10.0. The number of nitrogens with zero attached hydrogens (tertiary/aromatic N) is 3. The third-order valence-corrected chi connectivity index (χ3v) is 5.28. The van der Waals surface area contributed by atoms with Gasteiger partial charge in [-0.1, -0.05) is 17.7 Å². The van der Waals surface area contributed by atoms with Crippen LogP contribution >= 0.6 is 11.6 Å². The Morgan fingerprint density at radius 2 is 2.11 bits per heavy atom. The van der Waals surface area contributed by atoms with Crippen LogP contribution in [-0.4, -0.2) is 65.7 Å². The van der Waals surface area contributed by atoms with Crippen LogP contribution in [0.5, 0.6) is 0 Å². The van der Waals surface area contributed by atoms with Gasteiger partial charge in [0.05, 0.1) is 23.3 Å². The molecular formula is C19H25ClFN3O3. The summed E-state index contributed by atoms with van der Waals surface area (Å²) in [5.74, 6) is -0.624. The van der Waals surface area contributed by atoms with Gasteiger partial charge >= 0.3 is 0 Å². The fourth-order valence-corrected chi connectivity index (χ4v) is 3.82. The Kier molecular flexibility index (Phi) is 6.06. The molecule has 2 saturated heterocycles. The highest BCUT2D eigenvalue weighted by Crippen LogP contribution is 2.34. The zero-order valence-electron chi connectivity index (χ0n) is 15.8. The van der Waals surface area contributed by atoms with Gasteiger partial charge in [-0.25, -0.2) is 4.39 Å². The molecule has 0 bridgehead atoms. The summed E-state index contributed by atoms with van der Waals surface area (Å²) in [6, 6.07) is 4.78. The molecule has 1 N–H and O–H groups in total. The fraction of sp³-hybridized carbons (Fsp3) is 0.632. The van der Waals surface area contributed by atoms with Gasteiger partial charge in [-0.15, -0.1) is 0 Å². The molecule has 0 aromatic heterocycles. The number of piperazine rings is 1. The minimum Gasteiger partial charge on any atom is -0.370 e. The summed E-state index contributed by atoms with van der Waals surface area (Å²) in [6.45, 7) is 8.82. The van der Waals surface area contributed by atoms with E-state index >= 15 is 0 Å². The van der Waals surface area contributed by atoms with Crippen LogP contribution in [-0.2, 0) is 9.47 Å². The first-order valence-electron chi connectivity index (χ1n) is 9.03. The van der Waals surface area contributed by atoms with Gasteiger partial charge in [0.25, 0.3) is 0 Å². The number of hydrogen-bond donors (Lipinski definition) is 1. The van der Waals surface area contributed by atoms with Crippen molar-refractivity contribution in [3.63, 3.8) is 0 Å². The molecule has 3 rings (SSSR count). The van der Waals surface area contributed by atoms with Gasteiger partial charge in [0.15, 0.2) is 0 Å². The highest BCUT2D eigenvalue weighted by atomic mass is 35.5. The normalized spacial score (nSPS) is 25.7. The molecule has 0 spiro atoms. The first-order valence-corrected chi connectivity index (χ1v) is 9.41. The van der Waals surface area contributed by atoms with Crippen molar-refractivity contribution in [2.24, 2.45) is 0 Å². The van der Waals surface area contributed by atoms with Crippen LogP contribution in [0.3, 0.4) is 0 Å². The zero-order valence-corrected chi connectivity index (χ0v) is 16.5. The predicted molar refractivity (Wildman–Crippen MR) is 98.6 cm³/mol. The molecule has 3 atom stereocenters. The second kappa shape index (κ2) is 8.00.